The highest BCUT2D eigenvalue weighted by molar-refractivity contribution is 6.05. The van der Waals surface area contributed by atoms with Gasteiger partial charge in [-0.3, -0.25) is 14.6 Å². The third-order valence-electron chi connectivity index (χ3n) is 5.23. The zero-order valence-corrected chi connectivity index (χ0v) is 15.7. The predicted molar refractivity (Wildman–Crippen MR) is 113 cm³/mol. The van der Waals surface area contributed by atoms with Crippen molar-refractivity contribution in [1.82, 2.24) is 9.88 Å². The summed E-state index contributed by atoms with van der Waals surface area (Å²) in [6, 6.07) is 16.3. The minimum absolute atomic E-state index is 0.117. The molecule has 4 rings (SSSR count). The Balaban J connectivity index is 1.63. The molecule has 1 aromatic heterocycles. The Morgan fingerprint density at radius 3 is 2.66 bits per heavy atom. The van der Waals surface area contributed by atoms with Crippen LogP contribution in [0.3, 0.4) is 0 Å². The van der Waals surface area contributed by atoms with Gasteiger partial charge in [-0.2, -0.15) is 0 Å². The van der Waals surface area contributed by atoms with Crippen molar-refractivity contribution >= 4 is 28.4 Å². The molecule has 5 heteroatoms. The molecule has 2 aromatic carbocycles. The van der Waals surface area contributed by atoms with Crippen molar-refractivity contribution in [3.63, 3.8) is 0 Å². The summed E-state index contributed by atoms with van der Waals surface area (Å²) in [7, 11) is 0. The van der Waals surface area contributed by atoms with Crippen LogP contribution in [-0.2, 0) is 9.59 Å². The van der Waals surface area contributed by atoms with Crippen molar-refractivity contribution in [3.8, 4) is 12.3 Å². The van der Waals surface area contributed by atoms with Gasteiger partial charge in [-0.05, 0) is 35.9 Å². The lowest BCUT2D eigenvalue weighted by molar-refractivity contribution is -0.143. The van der Waals surface area contributed by atoms with Gasteiger partial charge >= 0.3 is 0 Å². The van der Waals surface area contributed by atoms with Crippen LogP contribution in [0.2, 0.25) is 0 Å². The number of nitrogens with zero attached hydrogens (tertiary/aromatic N) is 2. The molecule has 0 saturated carbocycles. The van der Waals surface area contributed by atoms with E-state index in [4.69, 9.17) is 6.42 Å². The number of hydrogen-bond acceptors (Lipinski definition) is 3. The number of pyridine rings is 1. The first-order valence-corrected chi connectivity index (χ1v) is 9.26. The number of fused-ring (bicyclic) bond motifs is 1. The summed E-state index contributed by atoms with van der Waals surface area (Å²) >= 11 is 0. The molecule has 0 aliphatic carbocycles. The summed E-state index contributed by atoms with van der Waals surface area (Å²) in [5.41, 5.74) is 3.06. The molecule has 29 heavy (non-hydrogen) atoms. The van der Waals surface area contributed by atoms with E-state index in [1.165, 1.54) is 11.0 Å². The van der Waals surface area contributed by atoms with Gasteiger partial charge in [-0.25, -0.2) is 0 Å². The monoisotopic (exact) mass is 381 g/mol. The highest BCUT2D eigenvalue weighted by Crippen LogP contribution is 2.36. The van der Waals surface area contributed by atoms with Crippen molar-refractivity contribution in [2.24, 2.45) is 0 Å². The van der Waals surface area contributed by atoms with Gasteiger partial charge in [0.1, 0.15) is 6.04 Å². The van der Waals surface area contributed by atoms with Crippen LogP contribution in [0.5, 0.6) is 0 Å². The van der Waals surface area contributed by atoms with Gasteiger partial charge in [0.15, 0.2) is 0 Å². The first-order valence-electron chi connectivity index (χ1n) is 9.26. The van der Waals surface area contributed by atoms with E-state index in [1.54, 1.807) is 6.20 Å². The lowest BCUT2D eigenvalue weighted by Crippen LogP contribution is -2.61. The Bertz CT molecular complexity index is 1140. The Kier molecular flexibility index (Phi) is 4.84. The number of carbonyl (C=O) groups is 2. The van der Waals surface area contributed by atoms with Gasteiger partial charge in [-0.15, -0.1) is 6.42 Å². The lowest BCUT2D eigenvalue weighted by atomic mass is 9.81. The van der Waals surface area contributed by atoms with E-state index >= 15 is 0 Å². The average molecular weight is 381 g/mol. The van der Waals surface area contributed by atoms with Crippen LogP contribution in [0.15, 0.2) is 73.4 Å². The third-order valence-corrected chi connectivity index (χ3v) is 5.23. The number of aromatic nitrogens is 1. The molecule has 1 aliphatic rings. The van der Waals surface area contributed by atoms with Crippen LogP contribution in [0.25, 0.3) is 10.9 Å². The van der Waals surface area contributed by atoms with Crippen molar-refractivity contribution in [2.45, 2.75) is 12.0 Å². The van der Waals surface area contributed by atoms with Crippen LogP contribution in [0, 0.1) is 12.3 Å². The molecule has 1 N–H and O–H groups in total. The van der Waals surface area contributed by atoms with E-state index in [2.05, 4.69) is 22.8 Å². The second-order valence-electron chi connectivity index (χ2n) is 6.88. The molecule has 1 fully saturated rings. The number of terminal acetylenes is 1. The summed E-state index contributed by atoms with van der Waals surface area (Å²) in [6.07, 6.45) is 8.34. The van der Waals surface area contributed by atoms with Crippen molar-refractivity contribution < 1.29 is 9.59 Å². The topological polar surface area (TPSA) is 62.3 Å². The molecule has 2 amide bonds. The first-order chi connectivity index (χ1) is 14.1. The SMILES string of the molecule is C#Cc1ccc([C@@H]2CN(C(=O)C=C)[C@H]2C(=O)Nc2cccc3cccnc23)cc1. The summed E-state index contributed by atoms with van der Waals surface area (Å²) < 4.78 is 0. The van der Waals surface area contributed by atoms with Gasteiger partial charge in [-0.1, -0.05) is 42.8 Å². The fraction of sp³-hybridized carbons (Fsp3) is 0.125. The zero-order valence-electron chi connectivity index (χ0n) is 15.7. The highest BCUT2D eigenvalue weighted by Gasteiger charge is 2.46. The van der Waals surface area contributed by atoms with Gasteiger partial charge in [0, 0.05) is 29.6 Å². The van der Waals surface area contributed by atoms with Crippen LogP contribution in [-0.4, -0.2) is 34.3 Å². The predicted octanol–water partition coefficient (Wildman–Crippen LogP) is 3.34. The molecule has 2 heterocycles. The van der Waals surface area contributed by atoms with E-state index in [-0.39, 0.29) is 17.7 Å². The summed E-state index contributed by atoms with van der Waals surface area (Å²) in [4.78, 5) is 31.3. The normalized spacial score (nSPS) is 17.8. The molecule has 142 valence electrons. The van der Waals surface area contributed by atoms with Crippen molar-refractivity contribution in [3.05, 3.63) is 84.6 Å². The van der Waals surface area contributed by atoms with E-state index in [1.807, 2.05) is 54.6 Å². The number of amides is 2. The molecular formula is C24H19N3O2. The molecule has 0 spiro atoms. The molecule has 1 saturated heterocycles. The molecule has 0 radical (unpaired) electrons. The summed E-state index contributed by atoms with van der Waals surface area (Å²) in [5, 5.41) is 3.89. The Labute approximate surface area is 169 Å². The fourth-order valence-corrected chi connectivity index (χ4v) is 3.70. The molecule has 2 atom stereocenters. The van der Waals surface area contributed by atoms with Crippen molar-refractivity contribution in [2.75, 3.05) is 11.9 Å². The number of benzene rings is 2. The molecule has 1 aliphatic heterocycles. The Morgan fingerprint density at radius 2 is 1.93 bits per heavy atom. The van der Waals surface area contributed by atoms with E-state index in [9.17, 15) is 9.59 Å². The van der Waals surface area contributed by atoms with E-state index in [0.29, 0.717) is 17.7 Å². The van der Waals surface area contributed by atoms with Gasteiger partial charge in [0.25, 0.3) is 0 Å². The maximum Gasteiger partial charge on any atom is 0.247 e. The lowest BCUT2D eigenvalue weighted by Gasteiger charge is -2.46. The standard InChI is InChI=1S/C24H19N3O2/c1-3-16-10-12-17(13-11-16)19-15-27(21(28)4-2)23(19)24(29)26-20-9-5-7-18-8-6-14-25-22(18)20/h1,4-14,19,23H,2,15H2,(H,26,29)/t19-,23+/m0/s1. The smallest absolute Gasteiger partial charge is 0.247 e. The molecular weight excluding hydrogens is 362 g/mol. The number of hydrogen-bond donors (Lipinski definition) is 1. The second-order valence-corrected chi connectivity index (χ2v) is 6.88. The largest absolute Gasteiger partial charge is 0.326 e. The highest BCUT2D eigenvalue weighted by atomic mass is 16.2. The minimum Gasteiger partial charge on any atom is -0.326 e. The summed E-state index contributed by atoms with van der Waals surface area (Å²) in [6.45, 7) is 4.00. The van der Waals surface area contributed by atoms with Crippen LogP contribution in [0.4, 0.5) is 5.69 Å². The summed E-state index contributed by atoms with van der Waals surface area (Å²) in [5.74, 6) is 1.95. The molecule has 0 bridgehead atoms. The number of para-hydroxylation sites is 1. The van der Waals surface area contributed by atoms with Gasteiger partial charge in [0.2, 0.25) is 11.8 Å². The van der Waals surface area contributed by atoms with Crippen molar-refractivity contribution in [1.29, 1.82) is 0 Å². The Hall–Kier alpha value is -3.91. The quantitative estimate of drug-likeness (QED) is 0.557. The molecule has 3 aromatic rings. The number of nitrogens with one attached hydrogen (secondary N) is 1. The molecule has 5 nitrogen and oxygen atoms in total. The van der Waals surface area contributed by atoms with E-state index < -0.39 is 6.04 Å². The van der Waals surface area contributed by atoms with Gasteiger partial charge < -0.3 is 10.2 Å². The van der Waals surface area contributed by atoms with E-state index in [0.717, 1.165) is 16.5 Å². The van der Waals surface area contributed by atoms with Crippen LogP contribution < -0.4 is 5.32 Å². The van der Waals surface area contributed by atoms with Crippen LogP contribution in [0.1, 0.15) is 17.0 Å². The average Bonchev–Trinajstić information content (AvgIpc) is 2.73. The van der Waals surface area contributed by atoms with Gasteiger partial charge in [0.05, 0.1) is 11.2 Å². The number of rotatable bonds is 4. The maximum atomic E-state index is 13.2. The molecule has 0 unspecified atom stereocenters. The van der Waals surface area contributed by atoms with Crippen LogP contribution >= 0.6 is 0 Å². The number of anilines is 1. The maximum absolute atomic E-state index is 13.2. The third kappa shape index (κ3) is 3.37. The Morgan fingerprint density at radius 1 is 1.17 bits per heavy atom. The minimum atomic E-state index is -0.629. The first kappa shape index (κ1) is 18.5. The second kappa shape index (κ2) is 7.61. The zero-order chi connectivity index (χ0) is 20.4. The number of carbonyl (C=O) groups excluding carboxylic acids is 2. The fourth-order valence-electron chi connectivity index (χ4n) is 3.70. The number of likely N-dealkylation sites (tertiary alicyclic amines) is 1.